The van der Waals surface area contributed by atoms with Crippen molar-refractivity contribution in [1.29, 1.82) is 0 Å². The van der Waals surface area contributed by atoms with Gasteiger partial charge in [-0.3, -0.25) is 0 Å². The molecule has 5 nitrogen and oxygen atoms in total. The summed E-state index contributed by atoms with van der Waals surface area (Å²) in [5.41, 5.74) is 10.5. The summed E-state index contributed by atoms with van der Waals surface area (Å²) >= 11 is 0. The van der Waals surface area contributed by atoms with Gasteiger partial charge in [0.1, 0.15) is 12.1 Å². The van der Waals surface area contributed by atoms with Crippen LogP contribution in [0.5, 0.6) is 0 Å². The minimum Gasteiger partial charge on any atom is -0.383 e. The molecule has 0 unspecified atom stereocenters. The van der Waals surface area contributed by atoms with Gasteiger partial charge in [0, 0.05) is 6.42 Å². The molecule has 0 spiro atoms. The van der Waals surface area contributed by atoms with Crippen molar-refractivity contribution in [2.75, 3.05) is 5.73 Å². The fourth-order valence-corrected chi connectivity index (χ4v) is 3.09. The van der Waals surface area contributed by atoms with Crippen LogP contribution in [0, 0.1) is 6.92 Å². The lowest BCUT2D eigenvalue weighted by atomic mass is 9.93. The number of rotatable bonds is 3. The molecule has 1 saturated carbocycles. The molecule has 0 bridgehead atoms. The first kappa shape index (κ1) is 13.2. The Bertz CT molecular complexity index is 832. The van der Waals surface area contributed by atoms with E-state index in [1.54, 1.807) is 0 Å². The lowest BCUT2D eigenvalue weighted by Crippen LogP contribution is -2.18. The zero-order valence-corrected chi connectivity index (χ0v) is 12.7. The average molecular weight is 293 g/mol. The molecule has 1 aliphatic carbocycles. The summed E-state index contributed by atoms with van der Waals surface area (Å²) in [5, 5.41) is 5.74. The Hall–Kier alpha value is -2.43. The Balaban J connectivity index is 1.82. The van der Waals surface area contributed by atoms with E-state index in [0.29, 0.717) is 11.9 Å². The predicted molar refractivity (Wildman–Crippen MR) is 86.6 cm³/mol. The molecule has 1 aromatic carbocycles. The zero-order chi connectivity index (χ0) is 15.1. The van der Waals surface area contributed by atoms with Gasteiger partial charge in [-0.1, -0.05) is 29.8 Å². The van der Waals surface area contributed by atoms with Crippen LogP contribution in [-0.4, -0.2) is 19.7 Å². The van der Waals surface area contributed by atoms with Crippen molar-refractivity contribution in [3.05, 3.63) is 47.4 Å². The first-order valence-corrected chi connectivity index (χ1v) is 7.75. The SMILES string of the molecule is Cc1cccc(Cc2nn(C3CCC3)c3ncnc(N)c23)c1. The number of anilines is 1. The number of aryl methyl sites for hydroxylation is 1. The quantitative estimate of drug-likeness (QED) is 0.806. The van der Waals surface area contributed by atoms with E-state index in [2.05, 4.69) is 45.8 Å². The normalized spacial score (nSPS) is 15.1. The number of aromatic nitrogens is 4. The highest BCUT2D eigenvalue weighted by atomic mass is 15.3. The van der Waals surface area contributed by atoms with Crippen LogP contribution in [0.15, 0.2) is 30.6 Å². The van der Waals surface area contributed by atoms with Crippen LogP contribution in [0.1, 0.15) is 42.1 Å². The highest BCUT2D eigenvalue weighted by Crippen LogP contribution is 2.35. The molecule has 3 aromatic rings. The lowest BCUT2D eigenvalue weighted by Gasteiger charge is -2.25. The van der Waals surface area contributed by atoms with Gasteiger partial charge in [-0.15, -0.1) is 0 Å². The van der Waals surface area contributed by atoms with Crippen molar-refractivity contribution >= 4 is 16.9 Å². The van der Waals surface area contributed by atoms with Crippen molar-refractivity contribution in [1.82, 2.24) is 19.7 Å². The predicted octanol–water partition coefficient (Wildman–Crippen LogP) is 3.03. The Kier molecular flexibility index (Phi) is 3.06. The smallest absolute Gasteiger partial charge is 0.163 e. The van der Waals surface area contributed by atoms with Gasteiger partial charge < -0.3 is 5.73 Å². The van der Waals surface area contributed by atoms with Crippen LogP contribution in [0.2, 0.25) is 0 Å². The van der Waals surface area contributed by atoms with Crippen LogP contribution in [0.4, 0.5) is 5.82 Å². The van der Waals surface area contributed by atoms with Gasteiger partial charge in [0.15, 0.2) is 5.65 Å². The summed E-state index contributed by atoms with van der Waals surface area (Å²) in [6, 6.07) is 8.96. The Morgan fingerprint density at radius 3 is 2.86 bits per heavy atom. The second-order valence-corrected chi connectivity index (χ2v) is 6.10. The van der Waals surface area contributed by atoms with E-state index in [1.807, 2.05) is 0 Å². The molecular weight excluding hydrogens is 274 g/mol. The first-order valence-electron chi connectivity index (χ1n) is 7.75. The van der Waals surface area contributed by atoms with E-state index >= 15 is 0 Å². The number of nitrogen functional groups attached to an aromatic ring is 1. The Morgan fingerprint density at radius 1 is 1.27 bits per heavy atom. The fraction of sp³-hybridized carbons (Fsp3) is 0.353. The molecular formula is C17H19N5. The van der Waals surface area contributed by atoms with Crippen molar-refractivity contribution < 1.29 is 0 Å². The lowest BCUT2D eigenvalue weighted by molar-refractivity contribution is 0.295. The first-order chi connectivity index (χ1) is 10.7. The average Bonchev–Trinajstić information content (AvgIpc) is 2.77. The summed E-state index contributed by atoms with van der Waals surface area (Å²) in [7, 11) is 0. The molecule has 0 amide bonds. The summed E-state index contributed by atoms with van der Waals surface area (Å²) < 4.78 is 2.06. The van der Waals surface area contributed by atoms with Crippen molar-refractivity contribution in [3.63, 3.8) is 0 Å². The van der Waals surface area contributed by atoms with Crippen LogP contribution < -0.4 is 5.73 Å². The molecule has 1 fully saturated rings. The number of fused-ring (bicyclic) bond motifs is 1. The number of hydrogen-bond acceptors (Lipinski definition) is 4. The molecule has 0 aliphatic heterocycles. The third-order valence-electron chi connectivity index (χ3n) is 4.47. The third-order valence-corrected chi connectivity index (χ3v) is 4.47. The molecule has 2 aromatic heterocycles. The molecule has 5 heteroatoms. The molecule has 0 saturated heterocycles. The summed E-state index contributed by atoms with van der Waals surface area (Å²) in [4.78, 5) is 8.59. The van der Waals surface area contributed by atoms with Crippen LogP contribution in [0.3, 0.4) is 0 Å². The van der Waals surface area contributed by atoms with E-state index in [0.717, 1.165) is 23.1 Å². The maximum atomic E-state index is 6.11. The maximum Gasteiger partial charge on any atom is 0.163 e. The molecule has 0 atom stereocenters. The van der Waals surface area contributed by atoms with Crippen molar-refractivity contribution in [3.8, 4) is 0 Å². The third kappa shape index (κ3) is 2.13. The summed E-state index contributed by atoms with van der Waals surface area (Å²) in [6.07, 6.45) is 5.90. The van der Waals surface area contributed by atoms with Gasteiger partial charge in [0.05, 0.1) is 17.1 Å². The van der Waals surface area contributed by atoms with E-state index in [9.17, 15) is 0 Å². The highest BCUT2D eigenvalue weighted by molar-refractivity contribution is 5.88. The summed E-state index contributed by atoms with van der Waals surface area (Å²) in [6.45, 7) is 2.10. The maximum absolute atomic E-state index is 6.11. The molecule has 0 radical (unpaired) electrons. The van der Waals surface area contributed by atoms with Crippen LogP contribution >= 0.6 is 0 Å². The van der Waals surface area contributed by atoms with Gasteiger partial charge in [-0.2, -0.15) is 5.10 Å². The fourth-order valence-electron chi connectivity index (χ4n) is 3.09. The molecule has 22 heavy (non-hydrogen) atoms. The Morgan fingerprint density at radius 2 is 2.14 bits per heavy atom. The molecule has 1 aliphatic rings. The molecule has 2 N–H and O–H groups in total. The van der Waals surface area contributed by atoms with Crippen molar-refractivity contribution in [2.24, 2.45) is 0 Å². The van der Waals surface area contributed by atoms with E-state index < -0.39 is 0 Å². The Labute approximate surface area is 129 Å². The van der Waals surface area contributed by atoms with Crippen LogP contribution in [-0.2, 0) is 6.42 Å². The zero-order valence-electron chi connectivity index (χ0n) is 12.7. The number of nitrogens with zero attached hydrogens (tertiary/aromatic N) is 4. The second-order valence-electron chi connectivity index (χ2n) is 6.10. The number of nitrogens with two attached hydrogens (primary N) is 1. The largest absolute Gasteiger partial charge is 0.383 e. The van der Waals surface area contributed by atoms with Crippen LogP contribution in [0.25, 0.3) is 11.0 Å². The number of benzene rings is 1. The monoisotopic (exact) mass is 293 g/mol. The second kappa shape index (κ2) is 5.09. The van der Waals surface area contributed by atoms with E-state index in [1.165, 1.54) is 36.7 Å². The van der Waals surface area contributed by atoms with Gasteiger partial charge in [-0.25, -0.2) is 14.6 Å². The van der Waals surface area contributed by atoms with Crippen molar-refractivity contribution in [2.45, 2.75) is 38.6 Å². The topological polar surface area (TPSA) is 69.6 Å². The number of hydrogen-bond donors (Lipinski definition) is 1. The van der Waals surface area contributed by atoms with Gasteiger partial charge in [-0.05, 0) is 31.7 Å². The van der Waals surface area contributed by atoms with Gasteiger partial charge in [0.2, 0.25) is 0 Å². The van der Waals surface area contributed by atoms with E-state index in [-0.39, 0.29) is 0 Å². The summed E-state index contributed by atoms with van der Waals surface area (Å²) in [5.74, 6) is 0.526. The minimum absolute atomic E-state index is 0.461. The molecule has 2 heterocycles. The van der Waals surface area contributed by atoms with Gasteiger partial charge >= 0.3 is 0 Å². The van der Waals surface area contributed by atoms with Gasteiger partial charge in [0.25, 0.3) is 0 Å². The minimum atomic E-state index is 0.461. The molecule has 4 rings (SSSR count). The van der Waals surface area contributed by atoms with E-state index in [4.69, 9.17) is 10.8 Å². The highest BCUT2D eigenvalue weighted by Gasteiger charge is 2.25. The molecule has 112 valence electrons. The standard InChI is InChI=1S/C17H19N5/c1-11-4-2-5-12(8-11)9-14-15-16(18)19-10-20-17(15)22(21-14)13-6-3-7-13/h2,4-5,8,10,13H,3,6-7,9H2,1H3,(H2,18,19,20).